The zero-order chi connectivity index (χ0) is 21.4. The molecule has 1 aromatic rings. The average Bonchev–Trinajstić information content (AvgIpc) is 3.42. The second-order valence-electron chi connectivity index (χ2n) is 8.27. The van der Waals surface area contributed by atoms with Gasteiger partial charge in [0.2, 0.25) is 0 Å². The largest absolute Gasteiger partial charge is 0.493 e. The molecule has 0 aromatic heterocycles. The van der Waals surface area contributed by atoms with E-state index in [1.54, 1.807) is 19.4 Å². The molecule has 1 heterocycles. The monoisotopic (exact) mass is 408 g/mol. The van der Waals surface area contributed by atoms with Gasteiger partial charge >= 0.3 is 0 Å². The van der Waals surface area contributed by atoms with E-state index in [0.29, 0.717) is 17.9 Å². The van der Waals surface area contributed by atoms with Crippen molar-refractivity contribution in [3.05, 3.63) is 48.1 Å². The molecule has 2 amide bonds. The molecule has 2 aliphatic carbocycles. The van der Waals surface area contributed by atoms with E-state index in [9.17, 15) is 9.59 Å². The Bertz CT molecular complexity index is 905. The number of amides is 2. The van der Waals surface area contributed by atoms with Crippen LogP contribution in [-0.4, -0.2) is 36.3 Å². The van der Waals surface area contributed by atoms with Crippen LogP contribution in [0.4, 0.5) is 0 Å². The number of imide groups is 1. The molecule has 6 nitrogen and oxygen atoms in total. The molecule has 1 aromatic carbocycles. The van der Waals surface area contributed by atoms with Crippen molar-refractivity contribution in [3.63, 3.8) is 0 Å². The van der Waals surface area contributed by atoms with Gasteiger partial charge in [-0.15, -0.1) is 6.58 Å². The Hall–Kier alpha value is -2.89. The zero-order valence-corrected chi connectivity index (χ0v) is 17.7. The van der Waals surface area contributed by atoms with Gasteiger partial charge in [-0.2, -0.15) is 10.1 Å². The summed E-state index contributed by atoms with van der Waals surface area (Å²) >= 11 is 0. The first-order valence-corrected chi connectivity index (χ1v) is 10.6. The molecule has 30 heavy (non-hydrogen) atoms. The molecule has 1 saturated heterocycles. The highest BCUT2D eigenvalue weighted by molar-refractivity contribution is 6.06. The predicted molar refractivity (Wildman–Crippen MR) is 114 cm³/mol. The second-order valence-corrected chi connectivity index (χ2v) is 8.27. The molecule has 3 aliphatic rings. The van der Waals surface area contributed by atoms with Crippen molar-refractivity contribution in [2.45, 2.75) is 39.2 Å². The summed E-state index contributed by atoms with van der Waals surface area (Å²) < 4.78 is 11.6. The van der Waals surface area contributed by atoms with Crippen molar-refractivity contribution >= 4 is 18.0 Å². The molecular weight excluding hydrogens is 380 g/mol. The van der Waals surface area contributed by atoms with E-state index in [0.717, 1.165) is 29.0 Å². The van der Waals surface area contributed by atoms with Crippen LogP contribution in [0.3, 0.4) is 0 Å². The predicted octanol–water partition coefficient (Wildman–Crippen LogP) is 3.74. The highest BCUT2D eigenvalue weighted by Gasteiger charge is 2.59. The van der Waals surface area contributed by atoms with Crippen molar-refractivity contribution in [3.8, 4) is 11.5 Å². The lowest BCUT2D eigenvalue weighted by Gasteiger charge is -2.19. The van der Waals surface area contributed by atoms with Gasteiger partial charge < -0.3 is 9.47 Å². The quantitative estimate of drug-likeness (QED) is 0.373. The first kappa shape index (κ1) is 20.4. The molecule has 0 N–H and O–H groups in total. The SMILES string of the molecule is C=CCc1cc(C=NN2C(=O)[C@@H]3[C@H](C2=O)[C@H]2C=C[C@H]3C2)cc(OC)c1O[C@H](C)CC. The van der Waals surface area contributed by atoms with Crippen molar-refractivity contribution in [1.82, 2.24) is 5.01 Å². The third-order valence-corrected chi connectivity index (χ3v) is 6.40. The minimum atomic E-state index is -0.248. The van der Waals surface area contributed by atoms with Gasteiger partial charge in [0.15, 0.2) is 11.5 Å². The molecule has 4 rings (SSSR count). The summed E-state index contributed by atoms with van der Waals surface area (Å²) in [4.78, 5) is 25.6. The Balaban J connectivity index is 1.61. The van der Waals surface area contributed by atoms with E-state index in [2.05, 4.69) is 30.8 Å². The molecule has 5 atom stereocenters. The third-order valence-electron chi connectivity index (χ3n) is 6.40. The lowest BCUT2D eigenvalue weighted by molar-refractivity contribution is -0.140. The summed E-state index contributed by atoms with van der Waals surface area (Å²) in [5.41, 5.74) is 1.66. The number of hydrogen-bond donors (Lipinski definition) is 0. The van der Waals surface area contributed by atoms with Gasteiger partial charge in [0.25, 0.3) is 11.8 Å². The smallest absolute Gasteiger partial charge is 0.254 e. The fraction of sp³-hybridized carbons (Fsp3) is 0.458. The van der Waals surface area contributed by atoms with E-state index >= 15 is 0 Å². The van der Waals surface area contributed by atoms with Crippen LogP contribution in [-0.2, 0) is 16.0 Å². The molecule has 0 radical (unpaired) electrons. The molecule has 0 unspecified atom stereocenters. The molecule has 2 fully saturated rings. The number of methoxy groups -OCH3 is 1. The van der Waals surface area contributed by atoms with Crippen molar-refractivity contribution in [1.29, 1.82) is 0 Å². The topological polar surface area (TPSA) is 68.2 Å². The summed E-state index contributed by atoms with van der Waals surface area (Å²) in [5, 5.41) is 5.34. The zero-order valence-electron chi connectivity index (χ0n) is 17.7. The Morgan fingerprint density at radius 2 is 1.90 bits per heavy atom. The summed E-state index contributed by atoms with van der Waals surface area (Å²) in [6.07, 6.45) is 9.93. The number of nitrogens with zero attached hydrogens (tertiary/aromatic N) is 2. The molecule has 1 saturated carbocycles. The summed E-state index contributed by atoms with van der Waals surface area (Å²) in [6, 6.07) is 3.74. The van der Waals surface area contributed by atoms with E-state index in [-0.39, 0.29) is 41.6 Å². The summed E-state index contributed by atoms with van der Waals surface area (Å²) in [6.45, 7) is 7.90. The number of allylic oxidation sites excluding steroid dienone is 3. The standard InChI is InChI=1S/C24H28N2O4/c1-5-7-18-10-15(11-19(29-4)22(18)30-14(3)6-2)13-25-26-23(27)20-16-8-9-17(12-16)21(20)24(26)28/h5,8-11,13-14,16-17,20-21H,1,6-7,12H2,2-4H3/t14-,16+,17+,20-,21+/m1/s1. The van der Waals surface area contributed by atoms with Crippen LogP contribution in [0, 0.1) is 23.7 Å². The fourth-order valence-electron chi connectivity index (χ4n) is 4.76. The molecule has 2 bridgehead atoms. The van der Waals surface area contributed by atoms with Crippen molar-refractivity contribution in [2.75, 3.05) is 7.11 Å². The Morgan fingerprint density at radius 3 is 2.47 bits per heavy atom. The molecule has 6 heteroatoms. The number of fused-ring (bicyclic) bond motifs is 5. The number of hydrazone groups is 1. The van der Waals surface area contributed by atoms with Gasteiger partial charge in [0.1, 0.15) is 0 Å². The molecular formula is C24H28N2O4. The van der Waals surface area contributed by atoms with Gasteiger partial charge in [0, 0.05) is 5.56 Å². The number of carbonyl (C=O) groups excluding carboxylic acids is 2. The van der Waals surface area contributed by atoms with E-state index in [4.69, 9.17) is 9.47 Å². The van der Waals surface area contributed by atoms with E-state index in [1.807, 2.05) is 19.1 Å². The first-order valence-electron chi connectivity index (χ1n) is 10.6. The second kappa shape index (κ2) is 8.09. The number of hydrogen-bond acceptors (Lipinski definition) is 5. The third kappa shape index (κ3) is 3.34. The Kier molecular flexibility index (Phi) is 5.50. The number of rotatable bonds is 8. The van der Waals surface area contributed by atoms with Crippen molar-refractivity contribution < 1.29 is 19.1 Å². The maximum atomic E-state index is 12.8. The molecule has 0 spiro atoms. The fourth-order valence-corrected chi connectivity index (χ4v) is 4.76. The maximum absolute atomic E-state index is 12.8. The average molecular weight is 408 g/mol. The molecule has 158 valence electrons. The van der Waals surface area contributed by atoms with Crippen LogP contribution in [0.2, 0.25) is 0 Å². The minimum Gasteiger partial charge on any atom is -0.493 e. The normalized spacial score (nSPS) is 27.8. The van der Waals surface area contributed by atoms with Crippen LogP contribution in [0.1, 0.15) is 37.8 Å². The summed E-state index contributed by atoms with van der Waals surface area (Å²) in [5.74, 6) is 0.759. The first-order chi connectivity index (χ1) is 14.5. The summed E-state index contributed by atoms with van der Waals surface area (Å²) in [7, 11) is 1.59. The minimum absolute atomic E-state index is 0.0465. The van der Waals surface area contributed by atoms with Gasteiger partial charge in [0.05, 0.1) is 31.3 Å². The van der Waals surface area contributed by atoms with Crippen LogP contribution in [0.15, 0.2) is 42.0 Å². The Labute approximate surface area is 177 Å². The van der Waals surface area contributed by atoms with E-state index < -0.39 is 0 Å². The van der Waals surface area contributed by atoms with Crippen LogP contribution >= 0.6 is 0 Å². The van der Waals surface area contributed by atoms with Gasteiger partial charge in [-0.25, -0.2) is 0 Å². The number of carbonyl (C=O) groups is 2. The van der Waals surface area contributed by atoms with Gasteiger partial charge in [-0.05, 0) is 55.7 Å². The number of ether oxygens (including phenoxy) is 2. The van der Waals surface area contributed by atoms with Crippen LogP contribution in [0.5, 0.6) is 11.5 Å². The van der Waals surface area contributed by atoms with Crippen LogP contribution < -0.4 is 9.47 Å². The Morgan fingerprint density at radius 1 is 1.23 bits per heavy atom. The lowest BCUT2D eigenvalue weighted by Crippen LogP contribution is -2.28. The van der Waals surface area contributed by atoms with Crippen LogP contribution in [0.25, 0.3) is 0 Å². The van der Waals surface area contributed by atoms with Gasteiger partial charge in [-0.3, -0.25) is 9.59 Å². The highest BCUT2D eigenvalue weighted by atomic mass is 16.5. The highest BCUT2D eigenvalue weighted by Crippen LogP contribution is 2.52. The van der Waals surface area contributed by atoms with Gasteiger partial charge in [-0.1, -0.05) is 25.2 Å². The maximum Gasteiger partial charge on any atom is 0.254 e. The van der Waals surface area contributed by atoms with Crippen molar-refractivity contribution in [2.24, 2.45) is 28.8 Å². The molecule has 1 aliphatic heterocycles. The van der Waals surface area contributed by atoms with E-state index in [1.165, 1.54) is 0 Å². The number of benzene rings is 1. The lowest BCUT2D eigenvalue weighted by atomic mass is 9.85.